The molecule has 0 aliphatic carbocycles. The number of aliphatic carboxylic acids is 1. The number of likely N-dealkylation sites (tertiary alicyclic amines) is 1. The maximum absolute atomic E-state index is 12.4. The van der Waals surface area contributed by atoms with Crippen LogP contribution in [0.25, 0.3) is 0 Å². The minimum absolute atomic E-state index is 0.0440. The molecule has 9 heteroatoms. The summed E-state index contributed by atoms with van der Waals surface area (Å²) in [6.07, 6.45) is 0.390. The molecule has 0 aromatic heterocycles. The number of carboxylic acid groups (broad SMARTS) is 1. The van der Waals surface area contributed by atoms with Crippen LogP contribution >= 0.6 is 0 Å². The molecule has 0 spiro atoms. The number of urea groups is 1. The van der Waals surface area contributed by atoms with Crippen molar-refractivity contribution in [3.63, 3.8) is 0 Å². The van der Waals surface area contributed by atoms with Crippen LogP contribution in [0.5, 0.6) is 0 Å². The van der Waals surface area contributed by atoms with Gasteiger partial charge in [-0.1, -0.05) is 18.2 Å². The average molecular weight is 369 g/mol. The number of amides is 2. The van der Waals surface area contributed by atoms with Crippen molar-refractivity contribution in [1.82, 2.24) is 14.5 Å². The van der Waals surface area contributed by atoms with E-state index in [1.807, 2.05) is 0 Å². The van der Waals surface area contributed by atoms with Gasteiger partial charge in [0.1, 0.15) is 0 Å². The van der Waals surface area contributed by atoms with E-state index in [1.165, 1.54) is 25.1 Å². The molecule has 1 aromatic carbocycles. The van der Waals surface area contributed by atoms with E-state index in [4.69, 9.17) is 0 Å². The number of sulfonamides is 1. The van der Waals surface area contributed by atoms with Crippen LogP contribution in [-0.2, 0) is 21.4 Å². The summed E-state index contributed by atoms with van der Waals surface area (Å²) in [6, 6.07) is 6.06. The molecule has 0 radical (unpaired) electrons. The second kappa shape index (κ2) is 7.01. The Morgan fingerprint density at radius 1 is 1.32 bits per heavy atom. The fourth-order valence-corrected chi connectivity index (χ4v) is 3.81. The highest BCUT2D eigenvalue weighted by atomic mass is 32.2. The molecule has 1 aliphatic heterocycles. The maximum Gasteiger partial charge on any atom is 0.317 e. The molecule has 2 rings (SSSR count). The average Bonchev–Trinajstić information content (AvgIpc) is 2.96. The highest BCUT2D eigenvalue weighted by Gasteiger charge is 2.42. The largest absolute Gasteiger partial charge is 0.481 e. The third-order valence-corrected chi connectivity index (χ3v) is 6.35. The van der Waals surface area contributed by atoms with E-state index >= 15 is 0 Å². The first-order valence-corrected chi connectivity index (χ1v) is 9.28. The van der Waals surface area contributed by atoms with Gasteiger partial charge >= 0.3 is 12.0 Å². The number of carbonyl (C=O) groups is 2. The maximum atomic E-state index is 12.4. The van der Waals surface area contributed by atoms with Crippen LogP contribution in [0, 0.1) is 5.41 Å². The van der Waals surface area contributed by atoms with Crippen molar-refractivity contribution in [2.45, 2.75) is 24.8 Å². The van der Waals surface area contributed by atoms with Crippen LogP contribution in [0.2, 0.25) is 0 Å². The zero-order chi connectivity index (χ0) is 18.8. The molecular weight excluding hydrogens is 346 g/mol. The Labute approximate surface area is 147 Å². The lowest BCUT2D eigenvalue weighted by molar-refractivity contribution is -0.147. The van der Waals surface area contributed by atoms with E-state index in [9.17, 15) is 23.1 Å². The smallest absolute Gasteiger partial charge is 0.317 e. The highest BCUT2D eigenvalue weighted by Crippen LogP contribution is 2.30. The Morgan fingerprint density at radius 2 is 1.96 bits per heavy atom. The first-order chi connectivity index (χ1) is 11.6. The van der Waals surface area contributed by atoms with Crippen LogP contribution in [-0.4, -0.2) is 61.9 Å². The lowest BCUT2D eigenvalue weighted by Crippen LogP contribution is -2.40. The molecule has 1 fully saturated rings. The van der Waals surface area contributed by atoms with Crippen LogP contribution in [0.1, 0.15) is 18.9 Å². The first kappa shape index (κ1) is 19.2. The fourth-order valence-electron chi connectivity index (χ4n) is 2.69. The summed E-state index contributed by atoms with van der Waals surface area (Å²) in [7, 11) is -0.721. The topological polar surface area (TPSA) is 107 Å². The summed E-state index contributed by atoms with van der Waals surface area (Å²) in [5, 5.41) is 11.9. The van der Waals surface area contributed by atoms with Gasteiger partial charge in [-0.25, -0.2) is 17.5 Å². The number of carboxylic acids is 1. The van der Waals surface area contributed by atoms with Gasteiger partial charge in [0.2, 0.25) is 10.0 Å². The van der Waals surface area contributed by atoms with E-state index in [0.717, 1.165) is 4.31 Å². The summed E-state index contributed by atoms with van der Waals surface area (Å²) in [4.78, 5) is 25.1. The summed E-state index contributed by atoms with van der Waals surface area (Å²) >= 11 is 0. The number of carbonyl (C=O) groups excluding carboxylic acids is 1. The summed E-state index contributed by atoms with van der Waals surface area (Å²) < 4.78 is 25.8. The first-order valence-electron chi connectivity index (χ1n) is 7.84. The van der Waals surface area contributed by atoms with Crippen LogP contribution < -0.4 is 5.32 Å². The van der Waals surface area contributed by atoms with Crippen molar-refractivity contribution in [3.05, 3.63) is 29.8 Å². The Kier molecular flexibility index (Phi) is 5.38. The Balaban J connectivity index is 2.08. The highest BCUT2D eigenvalue weighted by molar-refractivity contribution is 7.89. The normalized spacial score (nSPS) is 20.7. The third-order valence-electron chi connectivity index (χ3n) is 4.44. The van der Waals surface area contributed by atoms with Crippen LogP contribution in [0.4, 0.5) is 4.79 Å². The standard InChI is InChI=1S/C16H23N3O5S/c1-16(14(20)21)8-9-19(11-16)15(22)17-10-12-6-4-5-7-13(12)25(23,24)18(2)3/h4-7H,8-11H2,1-3H3,(H,17,22)(H,20,21). The monoisotopic (exact) mass is 369 g/mol. The minimum atomic E-state index is -3.61. The van der Waals surface area contributed by atoms with Crippen molar-refractivity contribution in [1.29, 1.82) is 0 Å². The Bertz CT molecular complexity index is 778. The van der Waals surface area contributed by atoms with Gasteiger partial charge in [-0.3, -0.25) is 4.79 Å². The van der Waals surface area contributed by atoms with Gasteiger partial charge in [-0.05, 0) is 25.0 Å². The molecule has 1 aromatic rings. The van der Waals surface area contributed by atoms with E-state index in [-0.39, 0.29) is 18.0 Å². The third kappa shape index (κ3) is 3.93. The van der Waals surface area contributed by atoms with Gasteiger partial charge in [0.25, 0.3) is 0 Å². The lowest BCUT2D eigenvalue weighted by Gasteiger charge is -2.21. The van der Waals surface area contributed by atoms with Gasteiger partial charge in [-0.2, -0.15) is 0 Å². The van der Waals surface area contributed by atoms with Gasteiger partial charge in [0.05, 0.1) is 10.3 Å². The molecule has 1 unspecified atom stereocenters. The number of benzene rings is 1. The fraction of sp³-hybridized carbons (Fsp3) is 0.500. The molecule has 25 heavy (non-hydrogen) atoms. The SMILES string of the molecule is CN(C)S(=O)(=O)c1ccccc1CNC(=O)N1CCC(C)(C(=O)O)C1. The zero-order valence-corrected chi connectivity index (χ0v) is 15.3. The molecule has 1 heterocycles. The molecule has 0 bridgehead atoms. The molecule has 0 saturated carbocycles. The summed E-state index contributed by atoms with van der Waals surface area (Å²) in [6.45, 7) is 2.14. The van der Waals surface area contributed by atoms with Crippen molar-refractivity contribution in [2.75, 3.05) is 27.2 Å². The molecule has 1 atom stereocenters. The Hall–Kier alpha value is -2.13. The van der Waals surface area contributed by atoms with E-state index in [2.05, 4.69) is 5.32 Å². The lowest BCUT2D eigenvalue weighted by atomic mass is 9.90. The van der Waals surface area contributed by atoms with Crippen LogP contribution in [0.3, 0.4) is 0 Å². The second-order valence-corrected chi connectivity index (χ2v) is 8.71. The van der Waals surface area contributed by atoms with E-state index in [1.54, 1.807) is 25.1 Å². The van der Waals surface area contributed by atoms with Gasteiger partial charge in [0.15, 0.2) is 0 Å². The number of nitrogens with zero attached hydrogens (tertiary/aromatic N) is 2. The molecular formula is C16H23N3O5S. The van der Waals surface area contributed by atoms with E-state index < -0.39 is 27.4 Å². The van der Waals surface area contributed by atoms with Gasteiger partial charge in [0, 0.05) is 33.7 Å². The molecule has 2 amide bonds. The molecule has 1 saturated heterocycles. The molecule has 2 N–H and O–H groups in total. The number of hydrogen-bond acceptors (Lipinski definition) is 4. The zero-order valence-electron chi connectivity index (χ0n) is 14.5. The predicted octanol–water partition coefficient (Wildman–Crippen LogP) is 0.943. The predicted molar refractivity (Wildman–Crippen MR) is 91.5 cm³/mol. The van der Waals surface area contributed by atoms with E-state index in [0.29, 0.717) is 18.5 Å². The number of rotatable bonds is 5. The minimum Gasteiger partial charge on any atom is -0.481 e. The molecule has 8 nitrogen and oxygen atoms in total. The quantitative estimate of drug-likeness (QED) is 0.803. The van der Waals surface area contributed by atoms with Crippen molar-refractivity contribution >= 4 is 22.0 Å². The second-order valence-electron chi connectivity index (χ2n) is 6.59. The summed E-state index contributed by atoms with van der Waals surface area (Å²) in [5.74, 6) is -0.926. The van der Waals surface area contributed by atoms with Crippen LogP contribution in [0.15, 0.2) is 29.2 Å². The van der Waals surface area contributed by atoms with Crippen molar-refractivity contribution in [3.8, 4) is 0 Å². The summed E-state index contributed by atoms with van der Waals surface area (Å²) in [5.41, 5.74) is -0.464. The number of hydrogen-bond donors (Lipinski definition) is 2. The van der Waals surface area contributed by atoms with Crippen molar-refractivity contribution < 1.29 is 23.1 Å². The molecule has 138 valence electrons. The number of nitrogens with one attached hydrogen (secondary N) is 1. The van der Waals surface area contributed by atoms with Gasteiger partial charge < -0.3 is 15.3 Å². The Morgan fingerprint density at radius 3 is 2.52 bits per heavy atom. The van der Waals surface area contributed by atoms with Crippen molar-refractivity contribution in [2.24, 2.45) is 5.41 Å². The molecule has 1 aliphatic rings. The van der Waals surface area contributed by atoms with Gasteiger partial charge in [-0.15, -0.1) is 0 Å².